The minimum Gasteiger partial charge on any atom is -0.481 e. The van der Waals surface area contributed by atoms with Gasteiger partial charge in [0.15, 0.2) is 0 Å². The Morgan fingerprint density at radius 3 is 2.14 bits per heavy atom. The standard InChI is InChI=1S/C9H18INO3/c1-6(2)11(7(3)10)9(4,14)5-8(12)13/h6-7,14H,5H2,1-4H3,(H,12,13). The fraction of sp³-hybridized carbons (Fsp3) is 0.889. The van der Waals surface area contributed by atoms with Gasteiger partial charge in [-0.1, -0.05) is 22.6 Å². The van der Waals surface area contributed by atoms with Gasteiger partial charge in [-0.25, -0.2) is 0 Å². The lowest BCUT2D eigenvalue weighted by Gasteiger charge is -2.41. The normalized spacial score (nSPS) is 18.3. The molecule has 14 heavy (non-hydrogen) atoms. The Hall–Kier alpha value is 0.120. The van der Waals surface area contributed by atoms with E-state index in [9.17, 15) is 9.90 Å². The summed E-state index contributed by atoms with van der Waals surface area (Å²) in [6.07, 6.45) is -0.265. The topological polar surface area (TPSA) is 60.8 Å². The van der Waals surface area contributed by atoms with E-state index in [0.29, 0.717) is 0 Å². The molecule has 0 fully saturated rings. The molecule has 0 aliphatic rings. The summed E-state index contributed by atoms with van der Waals surface area (Å²) in [7, 11) is 0. The quantitative estimate of drug-likeness (QED) is 0.351. The zero-order valence-electron chi connectivity index (χ0n) is 8.99. The molecule has 0 aliphatic carbocycles. The summed E-state index contributed by atoms with van der Waals surface area (Å²) >= 11 is 2.16. The van der Waals surface area contributed by atoms with Crippen LogP contribution in [0, 0.1) is 0 Å². The highest BCUT2D eigenvalue weighted by Crippen LogP contribution is 2.25. The van der Waals surface area contributed by atoms with Gasteiger partial charge < -0.3 is 10.2 Å². The molecule has 0 saturated heterocycles. The van der Waals surface area contributed by atoms with Crippen molar-refractivity contribution >= 4 is 28.6 Å². The molecule has 2 atom stereocenters. The molecule has 0 saturated carbocycles. The third-order valence-corrected chi connectivity index (χ3v) is 2.58. The van der Waals surface area contributed by atoms with Crippen LogP contribution in [-0.2, 0) is 4.79 Å². The fourth-order valence-electron chi connectivity index (χ4n) is 1.73. The van der Waals surface area contributed by atoms with Crippen LogP contribution in [0.25, 0.3) is 0 Å². The minimum absolute atomic E-state index is 0.0851. The summed E-state index contributed by atoms with van der Waals surface area (Å²) in [5.41, 5.74) is -1.29. The van der Waals surface area contributed by atoms with E-state index in [1.165, 1.54) is 6.92 Å². The number of hydrogen-bond acceptors (Lipinski definition) is 3. The Morgan fingerprint density at radius 1 is 1.50 bits per heavy atom. The number of aliphatic carboxylic acids is 1. The first kappa shape index (κ1) is 14.1. The van der Waals surface area contributed by atoms with E-state index < -0.39 is 11.7 Å². The third-order valence-electron chi connectivity index (χ3n) is 1.98. The lowest BCUT2D eigenvalue weighted by atomic mass is 10.1. The van der Waals surface area contributed by atoms with Gasteiger partial charge in [-0.15, -0.1) is 0 Å². The van der Waals surface area contributed by atoms with Crippen molar-refractivity contribution in [3.05, 3.63) is 0 Å². The predicted octanol–water partition coefficient (Wildman–Crippen LogP) is 1.66. The number of nitrogens with zero attached hydrogens (tertiary/aromatic N) is 1. The van der Waals surface area contributed by atoms with Gasteiger partial charge in [-0.05, 0) is 27.7 Å². The van der Waals surface area contributed by atoms with Gasteiger partial charge in [-0.2, -0.15) is 0 Å². The average molecular weight is 315 g/mol. The summed E-state index contributed by atoms with van der Waals surface area (Å²) in [5.74, 6) is -0.988. The molecular weight excluding hydrogens is 297 g/mol. The Morgan fingerprint density at radius 2 is 1.93 bits per heavy atom. The van der Waals surface area contributed by atoms with Gasteiger partial charge in [0, 0.05) is 6.04 Å². The zero-order valence-corrected chi connectivity index (χ0v) is 11.1. The van der Waals surface area contributed by atoms with Crippen LogP contribution in [0.2, 0.25) is 0 Å². The lowest BCUT2D eigenvalue weighted by molar-refractivity contribution is -0.157. The van der Waals surface area contributed by atoms with Gasteiger partial charge in [0.1, 0.15) is 5.72 Å². The summed E-state index contributed by atoms with van der Waals surface area (Å²) in [6, 6.07) is 0.108. The molecule has 0 aromatic heterocycles. The van der Waals surface area contributed by atoms with Crippen LogP contribution in [0.1, 0.15) is 34.1 Å². The SMILES string of the molecule is CC(C)N(C(C)I)C(C)(O)CC(=O)O. The van der Waals surface area contributed by atoms with Gasteiger partial charge >= 0.3 is 5.97 Å². The second-order valence-corrected chi connectivity index (χ2v) is 5.67. The average Bonchev–Trinajstić information content (AvgIpc) is 1.77. The Balaban J connectivity index is 4.71. The summed E-state index contributed by atoms with van der Waals surface area (Å²) in [6.45, 7) is 7.34. The number of alkyl halides is 1. The number of carboxylic acid groups (broad SMARTS) is 1. The van der Waals surface area contributed by atoms with Crippen molar-refractivity contribution in [3.8, 4) is 0 Å². The molecule has 0 amide bonds. The Bertz CT molecular complexity index is 196. The summed E-state index contributed by atoms with van der Waals surface area (Å²) < 4.78 is 0.0851. The molecular formula is C9H18INO3. The van der Waals surface area contributed by atoms with Crippen LogP contribution in [0.5, 0.6) is 0 Å². The number of aliphatic hydroxyl groups is 1. The molecule has 0 radical (unpaired) electrons. The zero-order chi connectivity index (χ0) is 11.5. The van der Waals surface area contributed by atoms with Crippen LogP contribution < -0.4 is 0 Å². The minimum atomic E-state index is -1.29. The Kier molecular flexibility index (Phi) is 5.32. The van der Waals surface area contributed by atoms with Crippen LogP contribution >= 0.6 is 22.6 Å². The van der Waals surface area contributed by atoms with Crippen molar-refractivity contribution in [1.29, 1.82) is 0 Å². The molecule has 2 N–H and O–H groups in total. The summed E-state index contributed by atoms with van der Waals surface area (Å²) in [4.78, 5) is 12.4. The smallest absolute Gasteiger partial charge is 0.307 e. The number of halogens is 1. The molecule has 5 heteroatoms. The maximum Gasteiger partial charge on any atom is 0.307 e. The largest absolute Gasteiger partial charge is 0.481 e. The van der Waals surface area contributed by atoms with E-state index in [0.717, 1.165) is 0 Å². The van der Waals surface area contributed by atoms with Crippen LogP contribution in [0.15, 0.2) is 0 Å². The Labute approximate surface area is 98.4 Å². The van der Waals surface area contributed by atoms with Crippen LogP contribution in [0.4, 0.5) is 0 Å². The first-order valence-corrected chi connectivity index (χ1v) is 5.79. The second kappa shape index (κ2) is 5.27. The number of rotatable bonds is 5. The molecule has 0 heterocycles. The summed E-state index contributed by atoms with van der Waals surface area (Å²) in [5, 5.41) is 18.7. The van der Waals surface area contributed by atoms with Crippen molar-refractivity contribution in [2.45, 2.75) is 49.9 Å². The van der Waals surface area contributed by atoms with Crippen molar-refractivity contribution in [2.24, 2.45) is 0 Å². The van der Waals surface area contributed by atoms with Gasteiger partial charge in [0.2, 0.25) is 0 Å². The molecule has 0 bridgehead atoms. The molecule has 0 aliphatic heterocycles. The highest BCUT2D eigenvalue weighted by atomic mass is 127. The monoisotopic (exact) mass is 315 g/mol. The van der Waals surface area contributed by atoms with Crippen LogP contribution in [0.3, 0.4) is 0 Å². The van der Waals surface area contributed by atoms with Crippen LogP contribution in [-0.4, -0.2) is 36.9 Å². The molecule has 0 aromatic carbocycles. The fourth-order valence-corrected chi connectivity index (χ4v) is 2.97. The van der Waals surface area contributed by atoms with E-state index in [4.69, 9.17) is 5.11 Å². The molecule has 4 nitrogen and oxygen atoms in total. The maximum absolute atomic E-state index is 10.6. The van der Waals surface area contributed by atoms with Crippen molar-refractivity contribution < 1.29 is 15.0 Å². The molecule has 84 valence electrons. The molecule has 0 spiro atoms. The first-order valence-electron chi connectivity index (χ1n) is 4.55. The van der Waals surface area contributed by atoms with Gasteiger partial charge in [0.05, 0.1) is 10.5 Å². The van der Waals surface area contributed by atoms with Gasteiger partial charge in [0.25, 0.3) is 0 Å². The van der Waals surface area contributed by atoms with E-state index in [1.807, 2.05) is 20.8 Å². The second-order valence-electron chi connectivity index (χ2n) is 3.86. The first-order chi connectivity index (χ1) is 6.18. The number of carbonyl (C=O) groups is 1. The van der Waals surface area contributed by atoms with E-state index in [2.05, 4.69) is 22.6 Å². The highest BCUT2D eigenvalue weighted by molar-refractivity contribution is 14.1. The molecule has 2 unspecified atom stereocenters. The van der Waals surface area contributed by atoms with Crippen molar-refractivity contribution in [3.63, 3.8) is 0 Å². The van der Waals surface area contributed by atoms with Crippen molar-refractivity contribution in [1.82, 2.24) is 4.90 Å². The van der Waals surface area contributed by atoms with E-state index in [1.54, 1.807) is 4.90 Å². The lowest BCUT2D eigenvalue weighted by Crippen LogP contribution is -2.53. The van der Waals surface area contributed by atoms with E-state index in [-0.39, 0.29) is 16.5 Å². The molecule has 0 rings (SSSR count). The highest BCUT2D eigenvalue weighted by Gasteiger charge is 2.35. The third kappa shape index (κ3) is 4.10. The predicted molar refractivity (Wildman–Crippen MR) is 63.3 cm³/mol. The van der Waals surface area contributed by atoms with E-state index >= 15 is 0 Å². The van der Waals surface area contributed by atoms with Crippen molar-refractivity contribution in [2.75, 3.05) is 0 Å². The number of hydrogen-bond donors (Lipinski definition) is 2. The number of carboxylic acids is 1. The maximum atomic E-state index is 10.6. The molecule has 0 aromatic rings. The van der Waals surface area contributed by atoms with Gasteiger partial charge in [-0.3, -0.25) is 9.69 Å².